The first-order chi connectivity index (χ1) is 13.4. The third-order valence-electron chi connectivity index (χ3n) is 5.57. The van der Waals surface area contributed by atoms with Crippen LogP contribution >= 0.6 is 0 Å². The maximum Gasteiger partial charge on any atom is 0.339 e. The third kappa shape index (κ3) is 2.34. The summed E-state index contributed by atoms with van der Waals surface area (Å²) in [5, 5.41) is 0.677. The van der Waals surface area contributed by atoms with E-state index in [9.17, 15) is 9.59 Å². The molecule has 0 spiro atoms. The first-order valence-corrected chi connectivity index (χ1v) is 9.11. The van der Waals surface area contributed by atoms with Gasteiger partial charge in [0.05, 0.1) is 17.4 Å². The molecule has 0 saturated carbocycles. The normalized spacial score (nSPS) is 17.5. The molecule has 0 unspecified atom stereocenters. The van der Waals surface area contributed by atoms with E-state index in [0.29, 0.717) is 39.3 Å². The molecule has 2 aliphatic rings. The number of fused-ring (bicyclic) bond motifs is 4. The van der Waals surface area contributed by atoms with Crippen LogP contribution in [0.5, 0.6) is 17.2 Å². The highest BCUT2D eigenvalue weighted by atomic mass is 16.7. The largest absolute Gasteiger partial charge is 0.484 e. The summed E-state index contributed by atoms with van der Waals surface area (Å²) < 4.78 is 22.6. The highest BCUT2D eigenvalue weighted by molar-refractivity contribution is 6.07. The van der Waals surface area contributed by atoms with Crippen LogP contribution in [0.1, 0.15) is 45.1 Å². The molecule has 0 fully saturated rings. The molecule has 3 heterocycles. The lowest BCUT2D eigenvalue weighted by Crippen LogP contribution is -2.22. The van der Waals surface area contributed by atoms with Gasteiger partial charge in [-0.1, -0.05) is 6.07 Å². The molecule has 5 rings (SSSR count). The Kier molecular flexibility index (Phi) is 3.53. The average molecular weight is 378 g/mol. The number of ether oxygens (including phenoxy) is 3. The molecule has 6 nitrogen and oxygen atoms in total. The van der Waals surface area contributed by atoms with Crippen molar-refractivity contribution in [2.24, 2.45) is 0 Å². The van der Waals surface area contributed by atoms with E-state index in [1.807, 2.05) is 32.0 Å². The van der Waals surface area contributed by atoms with Crippen molar-refractivity contribution in [2.75, 3.05) is 6.79 Å². The van der Waals surface area contributed by atoms with Crippen LogP contribution in [-0.4, -0.2) is 12.6 Å². The smallest absolute Gasteiger partial charge is 0.339 e. The van der Waals surface area contributed by atoms with Gasteiger partial charge in [0.25, 0.3) is 0 Å². The van der Waals surface area contributed by atoms with E-state index in [4.69, 9.17) is 18.6 Å². The van der Waals surface area contributed by atoms with Crippen molar-refractivity contribution in [1.29, 1.82) is 0 Å². The zero-order chi connectivity index (χ0) is 19.6. The van der Waals surface area contributed by atoms with Gasteiger partial charge in [0.2, 0.25) is 6.79 Å². The number of ketones is 1. The number of hydrogen-bond donors (Lipinski definition) is 0. The van der Waals surface area contributed by atoms with Crippen molar-refractivity contribution in [2.45, 2.75) is 33.3 Å². The highest BCUT2D eigenvalue weighted by Gasteiger charge is 2.33. The van der Waals surface area contributed by atoms with E-state index in [0.717, 1.165) is 16.7 Å². The molecule has 1 atom stereocenters. The topological polar surface area (TPSA) is 75.0 Å². The van der Waals surface area contributed by atoms with E-state index < -0.39 is 6.10 Å². The Morgan fingerprint density at radius 1 is 0.964 bits per heavy atom. The van der Waals surface area contributed by atoms with Gasteiger partial charge in [-0.3, -0.25) is 4.79 Å². The fourth-order valence-electron chi connectivity index (χ4n) is 3.93. The standard InChI is InChI=1S/C22H18O6/c1-10-6-18-20(11(2)12(3)22(24)28-18)21-19(10)14(23)8-16(27-21)13-4-5-15-17(7-13)26-9-25-15/h4-7,16H,8-9H2,1-3H3/t16-/m1/s1. The Hall–Kier alpha value is -3.28. The summed E-state index contributed by atoms with van der Waals surface area (Å²) in [5.41, 5.74) is 3.47. The summed E-state index contributed by atoms with van der Waals surface area (Å²) in [6, 6.07) is 7.29. The minimum Gasteiger partial charge on any atom is -0.484 e. The lowest BCUT2D eigenvalue weighted by Gasteiger charge is -2.28. The zero-order valence-corrected chi connectivity index (χ0v) is 15.8. The van der Waals surface area contributed by atoms with Gasteiger partial charge in [0.1, 0.15) is 17.4 Å². The fourth-order valence-corrected chi connectivity index (χ4v) is 3.93. The van der Waals surface area contributed by atoms with E-state index in [1.165, 1.54) is 0 Å². The Bertz CT molecular complexity index is 1220. The number of benzene rings is 2. The van der Waals surface area contributed by atoms with Gasteiger partial charge in [-0.2, -0.15) is 0 Å². The van der Waals surface area contributed by atoms with Gasteiger partial charge in [0, 0.05) is 5.56 Å². The molecule has 0 radical (unpaired) electrons. The van der Waals surface area contributed by atoms with Crippen LogP contribution in [-0.2, 0) is 0 Å². The number of carbonyl (C=O) groups is 1. The van der Waals surface area contributed by atoms with Crippen molar-refractivity contribution in [3.05, 3.63) is 62.5 Å². The second kappa shape index (κ2) is 5.86. The fraction of sp³-hybridized carbons (Fsp3) is 0.273. The third-order valence-corrected chi connectivity index (χ3v) is 5.57. The number of hydrogen-bond acceptors (Lipinski definition) is 6. The van der Waals surface area contributed by atoms with Crippen molar-refractivity contribution in [1.82, 2.24) is 0 Å². The first-order valence-electron chi connectivity index (χ1n) is 9.11. The van der Waals surface area contributed by atoms with E-state index in [-0.39, 0.29) is 24.6 Å². The van der Waals surface area contributed by atoms with Crippen LogP contribution in [0.4, 0.5) is 0 Å². The zero-order valence-electron chi connectivity index (χ0n) is 15.8. The molecule has 1 aromatic heterocycles. The molecule has 0 aliphatic carbocycles. The summed E-state index contributed by atoms with van der Waals surface area (Å²) in [6.45, 7) is 5.58. The van der Waals surface area contributed by atoms with Crippen molar-refractivity contribution in [3.63, 3.8) is 0 Å². The predicted molar refractivity (Wildman–Crippen MR) is 102 cm³/mol. The Balaban J connectivity index is 1.70. The van der Waals surface area contributed by atoms with Crippen LogP contribution in [0, 0.1) is 20.8 Å². The minimum absolute atomic E-state index is 0.00608. The summed E-state index contributed by atoms with van der Waals surface area (Å²) in [5.74, 6) is 1.82. The van der Waals surface area contributed by atoms with Gasteiger partial charge < -0.3 is 18.6 Å². The second-order valence-electron chi connectivity index (χ2n) is 7.26. The summed E-state index contributed by atoms with van der Waals surface area (Å²) in [4.78, 5) is 25.1. The molecule has 0 amide bonds. The summed E-state index contributed by atoms with van der Waals surface area (Å²) >= 11 is 0. The molecule has 0 bridgehead atoms. The Morgan fingerprint density at radius 3 is 2.57 bits per heavy atom. The highest BCUT2D eigenvalue weighted by Crippen LogP contribution is 2.44. The van der Waals surface area contributed by atoms with E-state index >= 15 is 0 Å². The SMILES string of the molecule is Cc1cc2oc(=O)c(C)c(C)c2c2c1C(=O)C[C@H](c1ccc3c(c1)OCO3)O2. The molecule has 2 aromatic carbocycles. The van der Waals surface area contributed by atoms with Crippen LogP contribution in [0.15, 0.2) is 33.5 Å². The quantitative estimate of drug-likeness (QED) is 0.592. The first kappa shape index (κ1) is 16.9. The summed E-state index contributed by atoms with van der Waals surface area (Å²) in [7, 11) is 0. The molecule has 0 N–H and O–H groups in total. The molecular weight excluding hydrogens is 360 g/mol. The lowest BCUT2D eigenvalue weighted by molar-refractivity contribution is 0.0852. The maximum atomic E-state index is 13.0. The van der Waals surface area contributed by atoms with Gasteiger partial charge in [-0.05, 0) is 55.7 Å². The number of Topliss-reactive ketones (excluding diaryl/α,β-unsaturated/α-hetero) is 1. The molecule has 3 aromatic rings. The van der Waals surface area contributed by atoms with E-state index in [2.05, 4.69) is 0 Å². The Labute approximate surface area is 160 Å². The molecule has 0 saturated heterocycles. The summed E-state index contributed by atoms with van der Waals surface area (Å²) in [6.07, 6.45) is -0.223. The van der Waals surface area contributed by atoms with Crippen LogP contribution < -0.4 is 19.8 Å². The second-order valence-corrected chi connectivity index (χ2v) is 7.26. The minimum atomic E-state index is -0.453. The van der Waals surface area contributed by atoms with E-state index in [1.54, 1.807) is 13.0 Å². The lowest BCUT2D eigenvalue weighted by atomic mass is 9.90. The molecule has 6 heteroatoms. The average Bonchev–Trinajstić information content (AvgIpc) is 3.13. The Morgan fingerprint density at radius 2 is 1.75 bits per heavy atom. The van der Waals surface area contributed by atoms with Crippen LogP contribution in [0.2, 0.25) is 0 Å². The number of rotatable bonds is 1. The molecular formula is C22H18O6. The number of carbonyl (C=O) groups excluding carboxylic acids is 1. The number of aryl methyl sites for hydroxylation is 2. The van der Waals surface area contributed by atoms with Gasteiger partial charge in [0.15, 0.2) is 17.3 Å². The molecule has 28 heavy (non-hydrogen) atoms. The monoisotopic (exact) mass is 378 g/mol. The predicted octanol–water partition coefficient (Wildman–Crippen LogP) is 4.15. The van der Waals surface area contributed by atoms with Crippen LogP contribution in [0.3, 0.4) is 0 Å². The van der Waals surface area contributed by atoms with Crippen LogP contribution in [0.25, 0.3) is 11.0 Å². The van der Waals surface area contributed by atoms with Gasteiger partial charge in [-0.25, -0.2) is 4.79 Å². The molecule has 142 valence electrons. The van der Waals surface area contributed by atoms with Crippen molar-refractivity contribution < 1.29 is 23.4 Å². The molecule has 2 aliphatic heterocycles. The van der Waals surface area contributed by atoms with Crippen molar-refractivity contribution in [3.8, 4) is 17.2 Å². The van der Waals surface area contributed by atoms with Gasteiger partial charge >= 0.3 is 5.63 Å². The van der Waals surface area contributed by atoms with Gasteiger partial charge in [-0.15, -0.1) is 0 Å². The maximum absolute atomic E-state index is 13.0. The van der Waals surface area contributed by atoms with Crippen molar-refractivity contribution >= 4 is 16.8 Å².